The maximum Gasteiger partial charge on any atom is 0.0672 e. The Bertz CT molecular complexity index is 637. The molecule has 0 saturated heterocycles. The zero-order valence-electron chi connectivity index (χ0n) is 12.4. The zero-order chi connectivity index (χ0) is 15.0. The highest BCUT2D eigenvalue weighted by Gasteiger charge is 2.30. The molecule has 0 amide bonds. The van der Waals surface area contributed by atoms with Gasteiger partial charge in [-0.2, -0.15) is 0 Å². The maximum atomic E-state index is 6.34. The molecule has 0 fully saturated rings. The molecule has 0 saturated carbocycles. The summed E-state index contributed by atoms with van der Waals surface area (Å²) in [6.45, 7) is 1.40. The van der Waals surface area contributed by atoms with Crippen LogP contribution in [0.3, 0.4) is 0 Å². The number of nitrogens with two attached hydrogens (primary N) is 1. The van der Waals surface area contributed by atoms with E-state index in [0.29, 0.717) is 6.54 Å². The monoisotopic (exact) mass is 301 g/mol. The van der Waals surface area contributed by atoms with Gasteiger partial charge in [0, 0.05) is 43.6 Å². The van der Waals surface area contributed by atoms with Gasteiger partial charge in [-0.25, -0.2) is 0 Å². The predicted octanol–water partition coefficient (Wildman–Crippen LogP) is 3.43. The smallest absolute Gasteiger partial charge is 0.0672 e. The number of rotatable bonds is 3. The van der Waals surface area contributed by atoms with Crippen molar-refractivity contribution in [3.05, 3.63) is 58.6 Å². The number of benzene rings is 2. The first kappa shape index (κ1) is 14.2. The molecule has 4 heteroatoms. The molecule has 2 N–H and O–H groups in total. The first-order chi connectivity index (χ1) is 10.1. The van der Waals surface area contributed by atoms with Crippen molar-refractivity contribution in [1.82, 2.24) is 0 Å². The van der Waals surface area contributed by atoms with E-state index in [4.69, 9.17) is 17.3 Å². The number of halogens is 1. The molecule has 0 aromatic heterocycles. The predicted molar refractivity (Wildman–Crippen MR) is 90.2 cm³/mol. The number of anilines is 2. The lowest BCUT2D eigenvalue weighted by Gasteiger charge is -2.27. The van der Waals surface area contributed by atoms with E-state index in [-0.39, 0.29) is 6.04 Å². The Labute approximate surface area is 130 Å². The van der Waals surface area contributed by atoms with E-state index in [2.05, 4.69) is 40.1 Å². The third-order valence-corrected chi connectivity index (χ3v) is 4.49. The van der Waals surface area contributed by atoms with Crippen LogP contribution in [-0.4, -0.2) is 20.6 Å². The summed E-state index contributed by atoms with van der Waals surface area (Å²) in [5, 5.41) is 0.832. The average molecular weight is 302 g/mol. The van der Waals surface area contributed by atoms with E-state index in [1.54, 1.807) is 0 Å². The second kappa shape index (κ2) is 5.58. The highest BCUT2D eigenvalue weighted by atomic mass is 35.5. The van der Waals surface area contributed by atoms with Crippen LogP contribution < -0.4 is 15.5 Å². The molecule has 1 atom stereocenters. The quantitative estimate of drug-likeness (QED) is 0.943. The molecular weight excluding hydrogens is 282 g/mol. The van der Waals surface area contributed by atoms with E-state index in [1.165, 1.54) is 22.5 Å². The van der Waals surface area contributed by atoms with Crippen LogP contribution in [0.2, 0.25) is 5.02 Å². The minimum Gasteiger partial charge on any atom is -0.378 e. The molecule has 0 radical (unpaired) electrons. The molecule has 2 aromatic rings. The Morgan fingerprint density at radius 1 is 1.19 bits per heavy atom. The molecule has 3 nitrogen and oxygen atoms in total. The SMILES string of the molecule is CN(C)c1ccc(N2Cc3c(Cl)cccc3C2CN)cc1. The van der Waals surface area contributed by atoms with Crippen molar-refractivity contribution in [2.24, 2.45) is 5.73 Å². The maximum absolute atomic E-state index is 6.34. The molecule has 1 aliphatic heterocycles. The summed E-state index contributed by atoms with van der Waals surface area (Å²) in [5.74, 6) is 0. The topological polar surface area (TPSA) is 32.5 Å². The van der Waals surface area contributed by atoms with Crippen LogP contribution in [0.1, 0.15) is 17.2 Å². The molecular formula is C17H20ClN3. The molecule has 0 spiro atoms. The van der Waals surface area contributed by atoms with Crippen LogP contribution in [0.15, 0.2) is 42.5 Å². The molecule has 3 rings (SSSR count). The van der Waals surface area contributed by atoms with Crippen LogP contribution in [0, 0.1) is 0 Å². The fraction of sp³-hybridized carbons (Fsp3) is 0.294. The average Bonchev–Trinajstić information content (AvgIpc) is 2.87. The molecule has 1 unspecified atom stereocenters. The van der Waals surface area contributed by atoms with Gasteiger partial charge in [-0.1, -0.05) is 23.7 Å². The first-order valence-electron chi connectivity index (χ1n) is 7.13. The van der Waals surface area contributed by atoms with Crippen LogP contribution in [0.5, 0.6) is 0 Å². The summed E-state index contributed by atoms with van der Waals surface area (Å²) in [5.41, 5.74) is 10.8. The fourth-order valence-electron chi connectivity index (χ4n) is 2.97. The van der Waals surface area contributed by atoms with Gasteiger partial charge in [-0.05, 0) is 41.5 Å². The van der Waals surface area contributed by atoms with Gasteiger partial charge in [0.2, 0.25) is 0 Å². The second-order valence-corrected chi connectivity index (χ2v) is 6.01. The van der Waals surface area contributed by atoms with Gasteiger partial charge >= 0.3 is 0 Å². The van der Waals surface area contributed by atoms with Crippen molar-refractivity contribution < 1.29 is 0 Å². The highest BCUT2D eigenvalue weighted by molar-refractivity contribution is 6.31. The Morgan fingerprint density at radius 2 is 1.90 bits per heavy atom. The van der Waals surface area contributed by atoms with Gasteiger partial charge in [0.15, 0.2) is 0 Å². The van der Waals surface area contributed by atoms with Crippen LogP contribution in [-0.2, 0) is 6.54 Å². The fourth-order valence-corrected chi connectivity index (χ4v) is 3.21. The lowest BCUT2D eigenvalue weighted by Crippen LogP contribution is -2.27. The number of hydrogen-bond donors (Lipinski definition) is 1. The normalized spacial score (nSPS) is 17.0. The van der Waals surface area contributed by atoms with Gasteiger partial charge in [0.25, 0.3) is 0 Å². The van der Waals surface area contributed by atoms with Gasteiger partial charge in [-0.3, -0.25) is 0 Å². The van der Waals surface area contributed by atoms with E-state index in [9.17, 15) is 0 Å². The molecule has 110 valence electrons. The van der Waals surface area contributed by atoms with Crippen LogP contribution in [0.4, 0.5) is 11.4 Å². The summed E-state index contributed by atoms with van der Waals surface area (Å²) in [4.78, 5) is 4.43. The number of hydrogen-bond acceptors (Lipinski definition) is 3. The standard InChI is InChI=1S/C17H20ClN3/c1-20(2)12-6-8-13(9-7-12)21-11-15-14(17(21)10-19)4-3-5-16(15)18/h3-9,17H,10-11,19H2,1-2H3. The van der Waals surface area contributed by atoms with Gasteiger partial charge in [0.1, 0.15) is 0 Å². The van der Waals surface area contributed by atoms with E-state index < -0.39 is 0 Å². The minimum atomic E-state index is 0.198. The van der Waals surface area contributed by atoms with E-state index in [1.807, 2.05) is 26.2 Å². The van der Waals surface area contributed by atoms with Crippen molar-refractivity contribution in [2.45, 2.75) is 12.6 Å². The van der Waals surface area contributed by atoms with E-state index >= 15 is 0 Å². The molecule has 21 heavy (non-hydrogen) atoms. The van der Waals surface area contributed by atoms with Gasteiger partial charge in [0.05, 0.1) is 6.04 Å². The molecule has 2 aromatic carbocycles. The largest absolute Gasteiger partial charge is 0.378 e. The lowest BCUT2D eigenvalue weighted by molar-refractivity contribution is 0.679. The Morgan fingerprint density at radius 3 is 2.52 bits per heavy atom. The molecule has 1 aliphatic rings. The third-order valence-electron chi connectivity index (χ3n) is 4.14. The van der Waals surface area contributed by atoms with Crippen LogP contribution >= 0.6 is 11.6 Å². The molecule has 0 aliphatic carbocycles. The Balaban J connectivity index is 1.95. The zero-order valence-corrected chi connectivity index (χ0v) is 13.1. The van der Waals surface area contributed by atoms with Crippen molar-refractivity contribution >= 4 is 23.0 Å². The van der Waals surface area contributed by atoms with Crippen molar-refractivity contribution in [1.29, 1.82) is 0 Å². The summed E-state index contributed by atoms with van der Waals surface area (Å²) in [6, 6.07) is 14.8. The van der Waals surface area contributed by atoms with Crippen LogP contribution in [0.25, 0.3) is 0 Å². The third kappa shape index (κ3) is 2.47. The number of nitrogens with zero attached hydrogens (tertiary/aromatic N) is 2. The van der Waals surface area contributed by atoms with Gasteiger partial charge in [-0.15, -0.1) is 0 Å². The molecule has 1 heterocycles. The van der Waals surface area contributed by atoms with Crippen molar-refractivity contribution in [3.8, 4) is 0 Å². The summed E-state index contributed by atoms with van der Waals surface area (Å²) in [6.07, 6.45) is 0. The lowest BCUT2D eigenvalue weighted by atomic mass is 10.0. The minimum absolute atomic E-state index is 0.198. The van der Waals surface area contributed by atoms with E-state index in [0.717, 1.165) is 11.6 Å². The van der Waals surface area contributed by atoms with Gasteiger partial charge < -0.3 is 15.5 Å². The van der Waals surface area contributed by atoms with Crippen molar-refractivity contribution in [2.75, 3.05) is 30.4 Å². The second-order valence-electron chi connectivity index (χ2n) is 5.60. The Hall–Kier alpha value is -1.71. The Kier molecular flexibility index (Phi) is 3.79. The first-order valence-corrected chi connectivity index (χ1v) is 7.51. The number of fused-ring (bicyclic) bond motifs is 1. The summed E-state index contributed by atoms with van der Waals surface area (Å²) in [7, 11) is 4.09. The van der Waals surface area contributed by atoms with Crippen molar-refractivity contribution in [3.63, 3.8) is 0 Å². The summed E-state index contributed by atoms with van der Waals surface area (Å²) >= 11 is 6.34. The molecule has 0 bridgehead atoms. The summed E-state index contributed by atoms with van der Waals surface area (Å²) < 4.78 is 0. The highest BCUT2D eigenvalue weighted by Crippen LogP contribution is 2.40.